The van der Waals surface area contributed by atoms with Crippen molar-refractivity contribution in [3.63, 3.8) is 0 Å². The standard InChI is InChI=1S/C8H11N3O2/c12-7-9-6-4-2-1-3-5-11(6)8(13)10-7/h1-5H2,(H,10,12,13). The van der Waals surface area contributed by atoms with E-state index < -0.39 is 5.69 Å². The van der Waals surface area contributed by atoms with E-state index in [9.17, 15) is 9.59 Å². The van der Waals surface area contributed by atoms with Crippen LogP contribution in [-0.2, 0) is 13.0 Å². The SMILES string of the molecule is O=c1nc2n(c(=O)[nH]1)CCCCC2. The zero-order chi connectivity index (χ0) is 9.26. The minimum Gasteiger partial charge on any atom is -0.281 e. The van der Waals surface area contributed by atoms with Gasteiger partial charge in [-0.1, -0.05) is 6.42 Å². The van der Waals surface area contributed by atoms with Gasteiger partial charge >= 0.3 is 11.4 Å². The molecule has 0 unspecified atom stereocenters. The summed E-state index contributed by atoms with van der Waals surface area (Å²) in [6.07, 6.45) is 3.83. The summed E-state index contributed by atoms with van der Waals surface area (Å²) in [5.74, 6) is 0.631. The van der Waals surface area contributed by atoms with Crippen molar-refractivity contribution in [2.45, 2.75) is 32.2 Å². The first-order chi connectivity index (χ1) is 6.27. The molecule has 0 fully saturated rings. The average Bonchev–Trinajstić information content (AvgIpc) is 2.28. The van der Waals surface area contributed by atoms with Crippen LogP contribution in [0, 0.1) is 0 Å². The number of aromatic nitrogens is 3. The topological polar surface area (TPSA) is 67.8 Å². The summed E-state index contributed by atoms with van der Waals surface area (Å²) in [7, 11) is 0. The van der Waals surface area contributed by atoms with Gasteiger partial charge in [0.2, 0.25) is 0 Å². The van der Waals surface area contributed by atoms with Crippen molar-refractivity contribution in [1.82, 2.24) is 14.5 Å². The molecule has 5 heteroatoms. The summed E-state index contributed by atoms with van der Waals surface area (Å²) in [5, 5.41) is 0. The van der Waals surface area contributed by atoms with Crippen molar-refractivity contribution in [1.29, 1.82) is 0 Å². The van der Waals surface area contributed by atoms with E-state index in [4.69, 9.17) is 0 Å². The summed E-state index contributed by atoms with van der Waals surface area (Å²) in [4.78, 5) is 28.2. The molecule has 5 nitrogen and oxygen atoms in total. The highest BCUT2D eigenvalue weighted by molar-refractivity contribution is 4.89. The summed E-state index contributed by atoms with van der Waals surface area (Å²) < 4.78 is 1.56. The van der Waals surface area contributed by atoms with E-state index in [2.05, 4.69) is 9.97 Å². The van der Waals surface area contributed by atoms with E-state index in [-0.39, 0.29) is 5.69 Å². The predicted molar refractivity (Wildman–Crippen MR) is 46.7 cm³/mol. The van der Waals surface area contributed by atoms with Gasteiger partial charge in [-0.15, -0.1) is 0 Å². The van der Waals surface area contributed by atoms with Gasteiger partial charge in [-0.3, -0.25) is 9.55 Å². The zero-order valence-electron chi connectivity index (χ0n) is 7.25. The van der Waals surface area contributed by atoms with Gasteiger partial charge in [0, 0.05) is 13.0 Å². The summed E-state index contributed by atoms with van der Waals surface area (Å²) in [6, 6.07) is 0. The second kappa shape index (κ2) is 3.16. The van der Waals surface area contributed by atoms with Gasteiger partial charge in [-0.05, 0) is 12.8 Å². The highest BCUT2D eigenvalue weighted by atomic mass is 16.2. The van der Waals surface area contributed by atoms with Crippen LogP contribution < -0.4 is 11.4 Å². The van der Waals surface area contributed by atoms with Crippen LogP contribution in [0.3, 0.4) is 0 Å². The third-order valence-corrected chi connectivity index (χ3v) is 2.28. The van der Waals surface area contributed by atoms with Gasteiger partial charge in [-0.2, -0.15) is 4.98 Å². The largest absolute Gasteiger partial charge is 0.350 e. The number of hydrogen-bond donors (Lipinski definition) is 1. The van der Waals surface area contributed by atoms with Crippen LogP contribution in [0.5, 0.6) is 0 Å². The Labute approximate surface area is 74.4 Å². The number of aromatic amines is 1. The number of fused-ring (bicyclic) bond motifs is 1. The summed E-state index contributed by atoms with van der Waals surface area (Å²) >= 11 is 0. The summed E-state index contributed by atoms with van der Waals surface area (Å²) in [5.41, 5.74) is -0.852. The fraction of sp³-hybridized carbons (Fsp3) is 0.625. The van der Waals surface area contributed by atoms with Gasteiger partial charge in [-0.25, -0.2) is 9.59 Å². The van der Waals surface area contributed by atoms with Crippen molar-refractivity contribution in [3.05, 3.63) is 26.8 Å². The van der Waals surface area contributed by atoms with Crippen LogP contribution in [0.15, 0.2) is 9.59 Å². The van der Waals surface area contributed by atoms with Gasteiger partial charge < -0.3 is 0 Å². The van der Waals surface area contributed by atoms with Crippen molar-refractivity contribution in [2.75, 3.05) is 0 Å². The van der Waals surface area contributed by atoms with Crippen LogP contribution in [-0.4, -0.2) is 14.5 Å². The Kier molecular flexibility index (Phi) is 2.00. The Balaban J connectivity index is 2.60. The first-order valence-electron chi connectivity index (χ1n) is 4.47. The molecule has 1 aliphatic rings. The Morgan fingerprint density at radius 1 is 1.23 bits per heavy atom. The maximum atomic E-state index is 11.3. The number of aryl methyl sites for hydroxylation is 1. The minimum absolute atomic E-state index is 0.322. The molecule has 0 atom stereocenters. The van der Waals surface area contributed by atoms with Gasteiger partial charge in [0.05, 0.1) is 0 Å². The fourth-order valence-electron chi connectivity index (χ4n) is 1.63. The molecule has 1 N–H and O–H groups in total. The van der Waals surface area contributed by atoms with E-state index in [1.54, 1.807) is 4.57 Å². The number of H-pyrrole nitrogens is 1. The number of nitrogens with zero attached hydrogens (tertiary/aromatic N) is 2. The first-order valence-corrected chi connectivity index (χ1v) is 4.47. The van der Waals surface area contributed by atoms with Crippen LogP contribution in [0.25, 0.3) is 0 Å². The molecule has 0 spiro atoms. The molecular formula is C8H11N3O2. The Morgan fingerprint density at radius 2 is 2.08 bits per heavy atom. The minimum atomic E-state index is -0.529. The molecule has 0 radical (unpaired) electrons. The molecule has 2 rings (SSSR count). The second-order valence-electron chi connectivity index (χ2n) is 3.23. The molecule has 0 saturated heterocycles. The van der Waals surface area contributed by atoms with E-state index in [1.165, 1.54) is 0 Å². The smallest absolute Gasteiger partial charge is 0.281 e. The number of nitrogens with one attached hydrogen (secondary N) is 1. The van der Waals surface area contributed by atoms with Gasteiger partial charge in [0.15, 0.2) is 0 Å². The van der Waals surface area contributed by atoms with Crippen LogP contribution in [0.1, 0.15) is 25.1 Å². The molecule has 1 aromatic heterocycles. The molecule has 0 aromatic carbocycles. The predicted octanol–water partition coefficient (Wildman–Crippen LogP) is -0.342. The molecule has 0 saturated carbocycles. The normalized spacial score (nSPS) is 16.3. The highest BCUT2D eigenvalue weighted by Gasteiger charge is 2.10. The lowest BCUT2D eigenvalue weighted by atomic mass is 10.2. The maximum absolute atomic E-state index is 11.3. The van der Waals surface area contributed by atoms with Crippen molar-refractivity contribution in [3.8, 4) is 0 Å². The van der Waals surface area contributed by atoms with Gasteiger partial charge in [0.25, 0.3) is 0 Å². The third kappa shape index (κ3) is 1.54. The Hall–Kier alpha value is -1.39. The fourth-order valence-corrected chi connectivity index (χ4v) is 1.63. The molecule has 0 amide bonds. The van der Waals surface area contributed by atoms with E-state index >= 15 is 0 Å². The second-order valence-corrected chi connectivity index (χ2v) is 3.23. The Morgan fingerprint density at radius 3 is 2.92 bits per heavy atom. The summed E-state index contributed by atoms with van der Waals surface area (Å²) in [6.45, 7) is 0.679. The molecule has 1 aromatic rings. The lowest BCUT2D eigenvalue weighted by Gasteiger charge is -2.04. The van der Waals surface area contributed by atoms with Crippen molar-refractivity contribution < 1.29 is 0 Å². The lowest BCUT2D eigenvalue weighted by molar-refractivity contribution is 0.585. The Bertz CT molecular complexity index is 418. The number of rotatable bonds is 0. The maximum Gasteiger partial charge on any atom is 0.350 e. The van der Waals surface area contributed by atoms with Crippen molar-refractivity contribution in [2.24, 2.45) is 0 Å². The van der Waals surface area contributed by atoms with E-state index in [0.29, 0.717) is 12.4 Å². The molecule has 1 aliphatic heterocycles. The highest BCUT2D eigenvalue weighted by Crippen LogP contribution is 2.08. The zero-order valence-corrected chi connectivity index (χ0v) is 7.25. The van der Waals surface area contributed by atoms with Gasteiger partial charge in [0.1, 0.15) is 5.82 Å². The first kappa shape index (κ1) is 8.22. The quantitative estimate of drug-likeness (QED) is 0.595. The molecule has 70 valence electrons. The van der Waals surface area contributed by atoms with E-state index in [0.717, 1.165) is 25.7 Å². The monoisotopic (exact) mass is 181 g/mol. The molecule has 0 bridgehead atoms. The van der Waals surface area contributed by atoms with Crippen molar-refractivity contribution >= 4 is 0 Å². The van der Waals surface area contributed by atoms with E-state index in [1.807, 2.05) is 0 Å². The van der Waals surface area contributed by atoms with Crippen LogP contribution in [0.2, 0.25) is 0 Å². The average molecular weight is 181 g/mol. The molecule has 0 aliphatic carbocycles. The molecule has 13 heavy (non-hydrogen) atoms. The van der Waals surface area contributed by atoms with Crippen LogP contribution >= 0.6 is 0 Å². The number of hydrogen-bond acceptors (Lipinski definition) is 3. The lowest BCUT2D eigenvalue weighted by Crippen LogP contribution is -2.34. The van der Waals surface area contributed by atoms with Crippen LogP contribution in [0.4, 0.5) is 0 Å². The third-order valence-electron chi connectivity index (χ3n) is 2.28. The molecular weight excluding hydrogens is 170 g/mol. The molecule has 2 heterocycles.